The monoisotopic (exact) mass is 279 g/mol. The summed E-state index contributed by atoms with van der Waals surface area (Å²) >= 11 is 1.65. The lowest BCUT2D eigenvalue weighted by Gasteiger charge is -2.22. The van der Waals surface area contributed by atoms with Crippen molar-refractivity contribution in [1.29, 1.82) is 0 Å². The van der Waals surface area contributed by atoms with E-state index in [1.807, 2.05) is 4.90 Å². The second-order valence-corrected chi connectivity index (χ2v) is 6.03. The Bertz CT molecular complexity index is 436. The van der Waals surface area contributed by atoms with E-state index in [4.69, 9.17) is 0 Å². The molecular formula is C15H21NO2S. The third kappa shape index (κ3) is 3.98. The molecule has 1 atom stereocenters. The van der Waals surface area contributed by atoms with Crippen LogP contribution in [0, 0.1) is 6.92 Å². The highest BCUT2D eigenvalue weighted by Gasteiger charge is 2.27. The molecule has 1 aromatic rings. The summed E-state index contributed by atoms with van der Waals surface area (Å²) in [7, 11) is 0. The van der Waals surface area contributed by atoms with E-state index in [1.54, 1.807) is 11.8 Å². The van der Waals surface area contributed by atoms with Crippen molar-refractivity contribution >= 4 is 17.7 Å². The molecule has 3 nitrogen and oxygen atoms in total. The summed E-state index contributed by atoms with van der Waals surface area (Å²) < 4.78 is 0. The number of aryl methyl sites for hydroxylation is 1. The highest BCUT2D eigenvalue weighted by atomic mass is 32.2. The first-order valence-electron chi connectivity index (χ1n) is 6.74. The molecule has 104 valence electrons. The Morgan fingerprint density at radius 2 is 2.37 bits per heavy atom. The third-order valence-electron chi connectivity index (χ3n) is 3.48. The lowest BCUT2D eigenvalue weighted by Crippen LogP contribution is -2.38. The van der Waals surface area contributed by atoms with Gasteiger partial charge in [0, 0.05) is 12.3 Å². The van der Waals surface area contributed by atoms with Crippen LogP contribution in [-0.2, 0) is 10.5 Å². The number of hydrogen-bond acceptors (Lipinski definition) is 3. The highest BCUT2D eigenvalue weighted by Crippen LogP contribution is 2.19. The van der Waals surface area contributed by atoms with Crippen molar-refractivity contribution < 1.29 is 9.90 Å². The average molecular weight is 279 g/mol. The van der Waals surface area contributed by atoms with E-state index in [2.05, 4.69) is 31.2 Å². The van der Waals surface area contributed by atoms with Crippen LogP contribution in [0.2, 0.25) is 0 Å². The average Bonchev–Trinajstić information content (AvgIpc) is 2.87. The normalized spacial score (nSPS) is 18.8. The number of likely N-dealkylation sites (tertiary alicyclic amines) is 1. The fourth-order valence-electron chi connectivity index (χ4n) is 2.49. The summed E-state index contributed by atoms with van der Waals surface area (Å²) in [5.74, 6) is 1.53. The van der Waals surface area contributed by atoms with Gasteiger partial charge in [0.15, 0.2) is 0 Å². The van der Waals surface area contributed by atoms with Crippen LogP contribution in [0.1, 0.15) is 24.0 Å². The van der Waals surface area contributed by atoms with Crippen molar-refractivity contribution in [2.45, 2.75) is 31.6 Å². The van der Waals surface area contributed by atoms with E-state index < -0.39 is 0 Å². The first-order chi connectivity index (χ1) is 9.20. The SMILES string of the molecule is Cc1cccc(CSCC(=O)N2CCC[C@H]2CO)c1. The van der Waals surface area contributed by atoms with Crippen molar-refractivity contribution in [2.75, 3.05) is 18.9 Å². The minimum absolute atomic E-state index is 0.0482. The first-order valence-corrected chi connectivity index (χ1v) is 7.90. The second-order valence-electron chi connectivity index (χ2n) is 5.05. The van der Waals surface area contributed by atoms with Crippen LogP contribution in [0.3, 0.4) is 0 Å². The molecule has 0 aliphatic carbocycles. The number of benzene rings is 1. The van der Waals surface area contributed by atoms with Crippen molar-refractivity contribution in [2.24, 2.45) is 0 Å². The molecule has 4 heteroatoms. The van der Waals surface area contributed by atoms with Gasteiger partial charge in [-0.05, 0) is 25.3 Å². The largest absolute Gasteiger partial charge is 0.394 e. The molecule has 0 unspecified atom stereocenters. The van der Waals surface area contributed by atoms with Gasteiger partial charge in [0.2, 0.25) is 5.91 Å². The predicted molar refractivity (Wildman–Crippen MR) is 79.2 cm³/mol. The van der Waals surface area contributed by atoms with E-state index in [-0.39, 0.29) is 18.6 Å². The van der Waals surface area contributed by atoms with E-state index >= 15 is 0 Å². The van der Waals surface area contributed by atoms with Gasteiger partial charge in [-0.3, -0.25) is 4.79 Å². The van der Waals surface area contributed by atoms with Gasteiger partial charge in [-0.25, -0.2) is 0 Å². The van der Waals surface area contributed by atoms with E-state index in [9.17, 15) is 9.90 Å². The number of nitrogens with zero attached hydrogens (tertiary/aromatic N) is 1. The van der Waals surface area contributed by atoms with E-state index in [1.165, 1.54) is 11.1 Å². The molecule has 1 N–H and O–H groups in total. The number of aliphatic hydroxyl groups is 1. The number of rotatable bonds is 5. The Balaban J connectivity index is 1.78. The molecule has 0 saturated carbocycles. The van der Waals surface area contributed by atoms with Gasteiger partial charge in [0.05, 0.1) is 18.4 Å². The van der Waals surface area contributed by atoms with Crippen LogP contribution in [0.5, 0.6) is 0 Å². The molecule has 1 aliphatic rings. The maximum Gasteiger partial charge on any atom is 0.232 e. The van der Waals surface area contributed by atoms with Crippen LogP contribution in [0.25, 0.3) is 0 Å². The van der Waals surface area contributed by atoms with Crippen LogP contribution in [-0.4, -0.2) is 40.9 Å². The topological polar surface area (TPSA) is 40.5 Å². The van der Waals surface area contributed by atoms with Gasteiger partial charge in [0.1, 0.15) is 0 Å². The quantitative estimate of drug-likeness (QED) is 0.898. The zero-order valence-electron chi connectivity index (χ0n) is 11.3. The zero-order chi connectivity index (χ0) is 13.7. The fourth-order valence-corrected chi connectivity index (χ4v) is 3.35. The van der Waals surface area contributed by atoms with Crippen LogP contribution < -0.4 is 0 Å². The Morgan fingerprint density at radius 3 is 3.11 bits per heavy atom. The van der Waals surface area contributed by atoms with Crippen LogP contribution in [0.4, 0.5) is 0 Å². The number of hydrogen-bond donors (Lipinski definition) is 1. The van der Waals surface area contributed by atoms with Crippen molar-refractivity contribution in [1.82, 2.24) is 4.90 Å². The Hall–Kier alpha value is -1.00. The summed E-state index contributed by atoms with van der Waals surface area (Å²) in [6.45, 7) is 2.97. The molecule has 1 amide bonds. The number of amides is 1. The third-order valence-corrected chi connectivity index (χ3v) is 4.47. The number of carbonyl (C=O) groups is 1. The van der Waals surface area contributed by atoms with Gasteiger partial charge >= 0.3 is 0 Å². The maximum absolute atomic E-state index is 12.1. The number of aliphatic hydroxyl groups excluding tert-OH is 1. The summed E-state index contributed by atoms with van der Waals surface area (Å²) in [6.07, 6.45) is 1.95. The zero-order valence-corrected chi connectivity index (χ0v) is 12.2. The molecule has 19 heavy (non-hydrogen) atoms. The summed E-state index contributed by atoms with van der Waals surface area (Å²) in [5, 5.41) is 9.22. The second kappa shape index (κ2) is 6.96. The van der Waals surface area contributed by atoms with E-state index in [0.29, 0.717) is 5.75 Å². The molecule has 0 spiro atoms. The molecule has 0 aromatic heterocycles. The molecule has 1 aliphatic heterocycles. The van der Waals surface area contributed by atoms with Gasteiger partial charge in [0.25, 0.3) is 0 Å². The molecule has 1 heterocycles. The molecule has 1 fully saturated rings. The van der Waals surface area contributed by atoms with Gasteiger partial charge in [-0.15, -0.1) is 11.8 Å². The smallest absolute Gasteiger partial charge is 0.232 e. The lowest BCUT2D eigenvalue weighted by molar-refractivity contribution is -0.129. The Labute approximate surface area is 119 Å². The maximum atomic E-state index is 12.1. The van der Waals surface area contributed by atoms with Crippen molar-refractivity contribution in [3.8, 4) is 0 Å². The summed E-state index contributed by atoms with van der Waals surface area (Å²) in [5.41, 5.74) is 2.52. The number of thioether (sulfide) groups is 1. The standard InChI is InChI=1S/C15H21NO2S/c1-12-4-2-5-13(8-12)10-19-11-15(18)16-7-3-6-14(16)9-17/h2,4-5,8,14,17H,3,6-7,9-11H2,1H3/t14-/m0/s1. The lowest BCUT2D eigenvalue weighted by atomic mass is 10.2. The van der Waals surface area contributed by atoms with Gasteiger partial charge < -0.3 is 10.0 Å². The minimum Gasteiger partial charge on any atom is -0.394 e. The van der Waals surface area contributed by atoms with Crippen LogP contribution in [0.15, 0.2) is 24.3 Å². The van der Waals surface area contributed by atoms with Gasteiger partial charge in [-0.2, -0.15) is 0 Å². The van der Waals surface area contributed by atoms with Gasteiger partial charge in [-0.1, -0.05) is 29.8 Å². The summed E-state index contributed by atoms with van der Waals surface area (Å²) in [4.78, 5) is 13.9. The fraction of sp³-hybridized carbons (Fsp3) is 0.533. The molecule has 1 aromatic carbocycles. The molecule has 0 radical (unpaired) electrons. The number of carbonyl (C=O) groups excluding carboxylic acids is 1. The molecule has 1 saturated heterocycles. The Kier molecular flexibility index (Phi) is 5.28. The highest BCUT2D eigenvalue weighted by molar-refractivity contribution is 7.99. The molecule has 0 bridgehead atoms. The minimum atomic E-state index is 0.0482. The van der Waals surface area contributed by atoms with Crippen LogP contribution >= 0.6 is 11.8 Å². The van der Waals surface area contributed by atoms with E-state index in [0.717, 1.165) is 25.1 Å². The van der Waals surface area contributed by atoms with Crippen molar-refractivity contribution in [3.05, 3.63) is 35.4 Å². The summed E-state index contributed by atoms with van der Waals surface area (Å²) in [6, 6.07) is 8.43. The van der Waals surface area contributed by atoms with Crippen molar-refractivity contribution in [3.63, 3.8) is 0 Å². The Morgan fingerprint density at radius 1 is 1.53 bits per heavy atom. The predicted octanol–water partition coefficient (Wildman–Crippen LogP) is 2.21. The molecule has 2 rings (SSSR count). The molecular weight excluding hydrogens is 258 g/mol. The first kappa shape index (κ1) is 14.4.